The number of aliphatic hydroxyl groups excluding tert-OH is 1. The molecule has 1 N–H and O–H groups in total. The highest BCUT2D eigenvalue weighted by Crippen LogP contribution is 1.88. The lowest BCUT2D eigenvalue weighted by Gasteiger charge is -2.01. The normalized spacial score (nSPS) is 12.9. The number of hydrogen-bond donors (Lipinski definition) is 2. The molecule has 0 unspecified atom stereocenters. The predicted octanol–water partition coefficient (Wildman–Crippen LogP) is -0.550. The Hall–Kier alpha value is -0.220. The van der Waals surface area contributed by atoms with Gasteiger partial charge in [0.15, 0.2) is 6.10 Å². The van der Waals surface area contributed by atoms with E-state index in [0.29, 0.717) is 0 Å². The minimum atomic E-state index is -1.08. The number of aliphatic hydroxyl groups is 1. The van der Waals surface area contributed by atoms with E-state index in [9.17, 15) is 4.79 Å². The lowest BCUT2D eigenvalue weighted by molar-refractivity contribution is -0.149. The smallest absolute Gasteiger partial charge is 0.335 e. The summed E-state index contributed by atoms with van der Waals surface area (Å²) in [6.07, 6.45) is -1.08. The first-order valence-electron chi connectivity index (χ1n) is 2.09. The maximum Gasteiger partial charge on any atom is 0.335 e. The molecule has 0 spiro atoms. The zero-order valence-electron chi connectivity index (χ0n) is 4.50. The third-order valence-corrected chi connectivity index (χ3v) is 0.992. The zero-order chi connectivity index (χ0) is 6.57. The summed E-state index contributed by atoms with van der Waals surface area (Å²) >= 11 is 3.66. The molecule has 0 aliphatic rings. The molecule has 0 radical (unpaired) electrons. The Morgan fingerprint density at radius 3 is 2.62 bits per heavy atom. The third-order valence-electron chi connectivity index (χ3n) is 0.646. The van der Waals surface area contributed by atoms with Crippen molar-refractivity contribution < 1.29 is 14.6 Å². The third kappa shape index (κ3) is 2.18. The molecule has 0 heterocycles. The van der Waals surface area contributed by atoms with E-state index in [1.54, 1.807) is 0 Å². The van der Waals surface area contributed by atoms with Crippen LogP contribution in [0.4, 0.5) is 0 Å². The first-order chi connectivity index (χ1) is 3.72. The standard InChI is InChI=1S/C4H8O3S/c1-7-4(6)3(5)2-8/h3,5,8H,2H2,1H3/t3-/m1/s1. The summed E-state index contributed by atoms with van der Waals surface area (Å²) in [6.45, 7) is 0. The molecule has 48 valence electrons. The summed E-state index contributed by atoms with van der Waals surface area (Å²) in [5, 5.41) is 8.58. The first-order valence-corrected chi connectivity index (χ1v) is 2.72. The van der Waals surface area contributed by atoms with Crippen molar-refractivity contribution in [1.82, 2.24) is 0 Å². The Morgan fingerprint density at radius 2 is 2.50 bits per heavy atom. The molecule has 4 heteroatoms. The molecule has 0 aliphatic carbocycles. The van der Waals surface area contributed by atoms with Gasteiger partial charge in [-0.25, -0.2) is 4.79 Å². The van der Waals surface area contributed by atoms with Crippen LogP contribution in [0.25, 0.3) is 0 Å². The Labute approximate surface area is 53.1 Å². The van der Waals surface area contributed by atoms with E-state index >= 15 is 0 Å². The van der Waals surface area contributed by atoms with Crippen molar-refractivity contribution in [2.75, 3.05) is 12.9 Å². The largest absolute Gasteiger partial charge is 0.467 e. The molecular formula is C4H8O3S. The van der Waals surface area contributed by atoms with Crippen LogP contribution >= 0.6 is 12.6 Å². The number of thiol groups is 1. The number of esters is 1. The van der Waals surface area contributed by atoms with Crippen LogP contribution in [0, 0.1) is 0 Å². The van der Waals surface area contributed by atoms with Gasteiger partial charge in [0.2, 0.25) is 0 Å². The molecule has 1 atom stereocenters. The van der Waals surface area contributed by atoms with Gasteiger partial charge < -0.3 is 9.84 Å². The van der Waals surface area contributed by atoms with Crippen LogP contribution in [-0.2, 0) is 9.53 Å². The maximum absolute atomic E-state index is 10.2. The van der Waals surface area contributed by atoms with Crippen LogP contribution in [0.3, 0.4) is 0 Å². The van der Waals surface area contributed by atoms with E-state index in [-0.39, 0.29) is 5.75 Å². The van der Waals surface area contributed by atoms with Crippen LogP contribution < -0.4 is 0 Å². The minimum Gasteiger partial charge on any atom is -0.467 e. The number of carbonyl (C=O) groups excluding carboxylic acids is 1. The van der Waals surface area contributed by atoms with Gasteiger partial charge in [-0.2, -0.15) is 12.6 Å². The molecule has 0 aliphatic heterocycles. The fourth-order valence-corrected chi connectivity index (χ4v) is 0.360. The van der Waals surface area contributed by atoms with Crippen LogP contribution in [0.2, 0.25) is 0 Å². The molecule has 0 aromatic carbocycles. The van der Waals surface area contributed by atoms with Crippen molar-refractivity contribution >= 4 is 18.6 Å². The van der Waals surface area contributed by atoms with Crippen molar-refractivity contribution in [1.29, 1.82) is 0 Å². The number of rotatable bonds is 2. The highest BCUT2D eigenvalue weighted by molar-refractivity contribution is 7.80. The maximum atomic E-state index is 10.2. The average Bonchev–Trinajstić information content (AvgIpc) is 1.84. The van der Waals surface area contributed by atoms with Crippen LogP contribution in [-0.4, -0.2) is 30.0 Å². The zero-order valence-corrected chi connectivity index (χ0v) is 5.39. The van der Waals surface area contributed by atoms with Gasteiger partial charge in [0.1, 0.15) is 0 Å². The summed E-state index contributed by atoms with van der Waals surface area (Å²) in [4.78, 5) is 10.2. The lowest BCUT2D eigenvalue weighted by Crippen LogP contribution is -2.22. The van der Waals surface area contributed by atoms with E-state index in [0.717, 1.165) is 0 Å². The molecule has 0 fully saturated rings. The van der Waals surface area contributed by atoms with E-state index in [1.165, 1.54) is 7.11 Å². The summed E-state index contributed by atoms with van der Waals surface area (Å²) in [7, 11) is 1.22. The van der Waals surface area contributed by atoms with Crippen molar-refractivity contribution in [2.24, 2.45) is 0 Å². The number of hydrogen-bond acceptors (Lipinski definition) is 4. The molecular weight excluding hydrogens is 128 g/mol. The molecule has 0 saturated carbocycles. The first kappa shape index (κ1) is 7.78. The molecule has 0 amide bonds. The lowest BCUT2D eigenvalue weighted by atomic mass is 10.4. The van der Waals surface area contributed by atoms with E-state index in [4.69, 9.17) is 5.11 Å². The van der Waals surface area contributed by atoms with E-state index in [1.807, 2.05) is 0 Å². The van der Waals surface area contributed by atoms with Gasteiger partial charge in [0, 0.05) is 5.75 Å². The monoisotopic (exact) mass is 136 g/mol. The number of methoxy groups -OCH3 is 1. The number of ether oxygens (including phenoxy) is 1. The van der Waals surface area contributed by atoms with Gasteiger partial charge >= 0.3 is 5.97 Å². The van der Waals surface area contributed by atoms with Crippen LogP contribution in [0.5, 0.6) is 0 Å². The van der Waals surface area contributed by atoms with Gasteiger partial charge in [-0.05, 0) is 0 Å². The SMILES string of the molecule is COC(=O)[C@H](O)CS. The molecule has 0 rings (SSSR count). The quantitative estimate of drug-likeness (QED) is 0.395. The summed E-state index contributed by atoms with van der Waals surface area (Å²) in [5.74, 6) is -0.535. The van der Waals surface area contributed by atoms with Gasteiger partial charge in [0.25, 0.3) is 0 Å². The molecule has 0 saturated heterocycles. The summed E-state index contributed by atoms with van der Waals surface area (Å²) in [6, 6.07) is 0. The van der Waals surface area contributed by atoms with Gasteiger partial charge in [-0.15, -0.1) is 0 Å². The second-order valence-electron chi connectivity index (χ2n) is 1.22. The van der Waals surface area contributed by atoms with E-state index in [2.05, 4.69) is 17.4 Å². The highest BCUT2D eigenvalue weighted by Gasteiger charge is 2.11. The molecule has 0 bridgehead atoms. The molecule has 3 nitrogen and oxygen atoms in total. The Bertz CT molecular complexity index is 83.4. The fraction of sp³-hybridized carbons (Fsp3) is 0.750. The molecule has 0 aromatic heterocycles. The Balaban J connectivity index is 3.46. The van der Waals surface area contributed by atoms with Crippen LogP contribution in [0.15, 0.2) is 0 Å². The predicted molar refractivity (Wildman–Crippen MR) is 31.9 cm³/mol. The summed E-state index contributed by atoms with van der Waals surface area (Å²) < 4.78 is 4.17. The topological polar surface area (TPSA) is 46.5 Å². The fourth-order valence-electron chi connectivity index (χ4n) is 0.211. The Kier molecular flexibility index (Phi) is 3.64. The van der Waals surface area contributed by atoms with Crippen molar-refractivity contribution in [3.63, 3.8) is 0 Å². The second kappa shape index (κ2) is 3.74. The van der Waals surface area contributed by atoms with Gasteiger partial charge in [-0.3, -0.25) is 0 Å². The van der Waals surface area contributed by atoms with E-state index < -0.39 is 12.1 Å². The molecule has 0 aromatic rings. The average molecular weight is 136 g/mol. The van der Waals surface area contributed by atoms with Crippen LogP contribution in [0.1, 0.15) is 0 Å². The number of carbonyl (C=O) groups is 1. The summed E-state index contributed by atoms with van der Waals surface area (Å²) in [5.41, 5.74) is 0. The molecule has 8 heavy (non-hydrogen) atoms. The van der Waals surface area contributed by atoms with Gasteiger partial charge in [0.05, 0.1) is 7.11 Å². The van der Waals surface area contributed by atoms with Crippen molar-refractivity contribution in [2.45, 2.75) is 6.10 Å². The minimum absolute atomic E-state index is 0.104. The highest BCUT2D eigenvalue weighted by atomic mass is 32.1. The van der Waals surface area contributed by atoms with Gasteiger partial charge in [-0.1, -0.05) is 0 Å². The van der Waals surface area contributed by atoms with Crippen molar-refractivity contribution in [3.05, 3.63) is 0 Å². The van der Waals surface area contributed by atoms with Crippen molar-refractivity contribution in [3.8, 4) is 0 Å². The second-order valence-corrected chi connectivity index (χ2v) is 1.59. The Morgan fingerprint density at radius 1 is 2.00 bits per heavy atom.